The van der Waals surface area contributed by atoms with Crippen molar-refractivity contribution in [3.8, 4) is 10.8 Å². The van der Waals surface area contributed by atoms with Crippen LogP contribution < -0.4 is 5.32 Å². The zero-order chi connectivity index (χ0) is 19.5. The van der Waals surface area contributed by atoms with Crippen molar-refractivity contribution in [3.05, 3.63) is 52.4 Å². The van der Waals surface area contributed by atoms with Gasteiger partial charge in [-0.2, -0.15) is 0 Å². The first-order valence-corrected chi connectivity index (χ1v) is 11.3. The van der Waals surface area contributed by atoms with Crippen LogP contribution in [0, 0.1) is 5.92 Å². The van der Waals surface area contributed by atoms with Crippen LogP contribution in [0.3, 0.4) is 0 Å². The normalized spacial score (nSPS) is 17.1. The van der Waals surface area contributed by atoms with E-state index in [1.165, 1.54) is 28.6 Å². The fraction of sp³-hybridized carbons (Fsp3) is 0.381. The summed E-state index contributed by atoms with van der Waals surface area (Å²) < 4.78 is 5.79. The average Bonchev–Trinajstić information content (AvgIpc) is 3.33. The molecule has 7 heteroatoms. The number of aryl methyl sites for hydroxylation is 1. The van der Waals surface area contributed by atoms with Crippen LogP contribution in [0.1, 0.15) is 42.3 Å². The highest BCUT2D eigenvalue weighted by atomic mass is 32.2. The quantitative estimate of drug-likeness (QED) is 0.583. The molecule has 0 bridgehead atoms. The van der Waals surface area contributed by atoms with Crippen LogP contribution in [0.2, 0.25) is 0 Å². The lowest BCUT2D eigenvalue weighted by atomic mass is 9.90. The van der Waals surface area contributed by atoms with E-state index in [0.717, 1.165) is 29.2 Å². The summed E-state index contributed by atoms with van der Waals surface area (Å²) in [6.45, 7) is 4.27. The van der Waals surface area contributed by atoms with Crippen molar-refractivity contribution in [1.29, 1.82) is 0 Å². The standard InChI is InChI=1S/C21H23N3O2S2/c1-13-8-9-17-16(10-13)11-18(28-17)20-23-24-21(26-20)27-12-19(25)22-14(2)15-6-4-3-5-7-15/h3-7,11,13-14H,8-10,12H2,1-2H3,(H,22,25)/t13-,14-/m0/s1. The van der Waals surface area contributed by atoms with Crippen molar-refractivity contribution in [3.63, 3.8) is 0 Å². The molecule has 1 amide bonds. The SMILES string of the molecule is C[C@H]1CCc2sc(-c3nnc(SCC(=O)N[C@@H](C)c4ccccc4)o3)cc2C1. The monoisotopic (exact) mass is 413 g/mol. The Labute approximate surface area is 173 Å². The molecule has 1 N–H and O–H groups in total. The third kappa shape index (κ3) is 4.47. The minimum Gasteiger partial charge on any atom is -0.410 e. The highest BCUT2D eigenvalue weighted by molar-refractivity contribution is 7.99. The van der Waals surface area contributed by atoms with Crippen LogP contribution in [0.4, 0.5) is 0 Å². The van der Waals surface area contributed by atoms with E-state index in [9.17, 15) is 4.79 Å². The maximum atomic E-state index is 12.2. The number of fused-ring (bicyclic) bond motifs is 1. The summed E-state index contributed by atoms with van der Waals surface area (Å²) in [7, 11) is 0. The summed E-state index contributed by atoms with van der Waals surface area (Å²) in [5.41, 5.74) is 2.50. The third-order valence-corrected chi connectivity index (χ3v) is 6.99. The first-order chi connectivity index (χ1) is 13.6. The highest BCUT2D eigenvalue weighted by Crippen LogP contribution is 2.37. The fourth-order valence-corrected chi connectivity index (χ4v) is 5.12. The third-order valence-electron chi connectivity index (χ3n) is 4.95. The minimum atomic E-state index is -0.0540. The first kappa shape index (κ1) is 19.2. The lowest BCUT2D eigenvalue weighted by molar-refractivity contribution is -0.119. The van der Waals surface area contributed by atoms with Gasteiger partial charge in [-0.1, -0.05) is 49.0 Å². The van der Waals surface area contributed by atoms with Gasteiger partial charge in [-0.15, -0.1) is 21.5 Å². The van der Waals surface area contributed by atoms with Gasteiger partial charge in [0.2, 0.25) is 5.91 Å². The second-order valence-corrected chi connectivity index (χ2v) is 9.33. The number of aromatic nitrogens is 2. The van der Waals surface area contributed by atoms with Crippen molar-refractivity contribution >= 4 is 29.0 Å². The van der Waals surface area contributed by atoms with Gasteiger partial charge in [0, 0.05) is 4.88 Å². The van der Waals surface area contributed by atoms with E-state index in [0.29, 0.717) is 11.1 Å². The van der Waals surface area contributed by atoms with E-state index in [2.05, 4.69) is 28.5 Å². The molecule has 0 radical (unpaired) electrons. The number of thioether (sulfide) groups is 1. The molecule has 146 valence electrons. The molecule has 1 aromatic carbocycles. The zero-order valence-corrected chi connectivity index (χ0v) is 17.6. The van der Waals surface area contributed by atoms with Gasteiger partial charge in [-0.3, -0.25) is 4.79 Å². The molecule has 0 unspecified atom stereocenters. The lowest BCUT2D eigenvalue weighted by Crippen LogP contribution is -2.28. The highest BCUT2D eigenvalue weighted by Gasteiger charge is 2.21. The molecule has 5 nitrogen and oxygen atoms in total. The van der Waals surface area contributed by atoms with E-state index < -0.39 is 0 Å². The van der Waals surface area contributed by atoms with Gasteiger partial charge in [0.1, 0.15) is 0 Å². The maximum Gasteiger partial charge on any atom is 0.277 e. The summed E-state index contributed by atoms with van der Waals surface area (Å²) in [5, 5.41) is 11.7. The van der Waals surface area contributed by atoms with Crippen molar-refractivity contribution < 1.29 is 9.21 Å². The molecule has 28 heavy (non-hydrogen) atoms. The smallest absolute Gasteiger partial charge is 0.277 e. The predicted octanol–water partition coefficient (Wildman–Crippen LogP) is 4.89. The van der Waals surface area contributed by atoms with Crippen LogP contribution in [-0.4, -0.2) is 21.9 Å². The molecular weight excluding hydrogens is 390 g/mol. The van der Waals surface area contributed by atoms with Crippen LogP contribution >= 0.6 is 23.1 Å². The van der Waals surface area contributed by atoms with Gasteiger partial charge in [-0.25, -0.2) is 0 Å². The number of benzene rings is 1. The largest absolute Gasteiger partial charge is 0.410 e. The number of hydrogen-bond acceptors (Lipinski definition) is 6. The predicted molar refractivity (Wildman–Crippen MR) is 113 cm³/mol. The Kier molecular flexibility index (Phi) is 5.82. The Morgan fingerprint density at radius 1 is 1.36 bits per heavy atom. The molecule has 0 saturated heterocycles. The van der Waals surface area contributed by atoms with E-state index in [1.807, 2.05) is 37.3 Å². The Morgan fingerprint density at radius 3 is 3.00 bits per heavy atom. The number of carbonyl (C=O) groups is 1. The number of thiophene rings is 1. The maximum absolute atomic E-state index is 12.2. The van der Waals surface area contributed by atoms with E-state index in [-0.39, 0.29) is 17.7 Å². The summed E-state index contributed by atoms with van der Waals surface area (Å²) >= 11 is 3.02. The molecule has 0 fully saturated rings. The van der Waals surface area contributed by atoms with Gasteiger partial charge in [-0.05, 0) is 49.3 Å². The number of hydrogen-bond donors (Lipinski definition) is 1. The second kappa shape index (κ2) is 8.49. The first-order valence-electron chi connectivity index (χ1n) is 9.51. The Morgan fingerprint density at radius 2 is 2.18 bits per heavy atom. The molecule has 2 atom stereocenters. The lowest BCUT2D eigenvalue weighted by Gasteiger charge is -2.16. The van der Waals surface area contributed by atoms with Gasteiger partial charge in [0.25, 0.3) is 11.1 Å². The molecule has 0 aliphatic heterocycles. The summed E-state index contributed by atoms with van der Waals surface area (Å²) in [6.07, 6.45) is 3.51. The van der Waals surface area contributed by atoms with Crippen molar-refractivity contribution in [1.82, 2.24) is 15.5 Å². The molecule has 1 aliphatic rings. The zero-order valence-electron chi connectivity index (χ0n) is 16.0. The van der Waals surface area contributed by atoms with E-state index >= 15 is 0 Å². The Balaban J connectivity index is 1.33. The van der Waals surface area contributed by atoms with Crippen molar-refractivity contribution in [2.45, 2.75) is 44.4 Å². The summed E-state index contributed by atoms with van der Waals surface area (Å²) in [4.78, 5) is 14.7. The van der Waals surface area contributed by atoms with Crippen LogP contribution in [-0.2, 0) is 17.6 Å². The Hall–Kier alpha value is -2.12. The number of carbonyl (C=O) groups excluding carboxylic acids is 1. The Bertz CT molecular complexity index is 952. The molecule has 1 aliphatic carbocycles. The second-order valence-electron chi connectivity index (χ2n) is 7.27. The summed E-state index contributed by atoms with van der Waals surface area (Å²) in [5.74, 6) is 1.48. The van der Waals surface area contributed by atoms with Gasteiger partial charge in [0.05, 0.1) is 16.7 Å². The molecule has 2 aromatic heterocycles. The van der Waals surface area contributed by atoms with Gasteiger partial charge >= 0.3 is 0 Å². The summed E-state index contributed by atoms with van der Waals surface area (Å²) in [6, 6.07) is 12.1. The number of amides is 1. The van der Waals surface area contributed by atoms with Crippen LogP contribution in [0.15, 0.2) is 46.0 Å². The number of nitrogens with zero attached hydrogens (tertiary/aromatic N) is 2. The number of rotatable bonds is 6. The van der Waals surface area contributed by atoms with E-state index in [1.54, 1.807) is 11.3 Å². The molecule has 0 spiro atoms. The van der Waals surface area contributed by atoms with Crippen LogP contribution in [0.25, 0.3) is 10.8 Å². The molecule has 0 saturated carbocycles. The van der Waals surface area contributed by atoms with E-state index in [4.69, 9.17) is 4.42 Å². The van der Waals surface area contributed by atoms with Crippen molar-refractivity contribution in [2.24, 2.45) is 5.92 Å². The minimum absolute atomic E-state index is 0.0348. The molecular formula is C21H23N3O2S2. The van der Waals surface area contributed by atoms with Gasteiger partial charge < -0.3 is 9.73 Å². The molecule has 2 heterocycles. The van der Waals surface area contributed by atoms with Crippen LogP contribution in [0.5, 0.6) is 0 Å². The topological polar surface area (TPSA) is 68.0 Å². The number of nitrogens with one attached hydrogen (secondary N) is 1. The van der Waals surface area contributed by atoms with Crippen molar-refractivity contribution in [2.75, 3.05) is 5.75 Å². The molecule has 4 rings (SSSR count). The average molecular weight is 414 g/mol. The molecule has 3 aromatic rings. The van der Waals surface area contributed by atoms with Gasteiger partial charge in [0.15, 0.2) is 0 Å². The fourth-order valence-electron chi connectivity index (χ4n) is 3.41.